The van der Waals surface area contributed by atoms with Crippen molar-refractivity contribution in [1.82, 2.24) is 9.55 Å². The van der Waals surface area contributed by atoms with Gasteiger partial charge in [0.2, 0.25) is 0 Å². The maximum atomic E-state index is 4.84. The monoisotopic (exact) mass is 344 g/mol. The van der Waals surface area contributed by atoms with Crippen molar-refractivity contribution in [3.63, 3.8) is 0 Å². The van der Waals surface area contributed by atoms with E-state index in [-0.39, 0.29) is 0 Å². The van der Waals surface area contributed by atoms with Crippen molar-refractivity contribution < 1.29 is 0 Å². The number of fused-ring (bicyclic) bond motifs is 1. The summed E-state index contributed by atoms with van der Waals surface area (Å²) in [5.74, 6) is 0.805. The number of aryl methyl sites for hydroxylation is 2. The first-order valence-electron chi connectivity index (χ1n) is 10.4. The zero-order chi connectivity index (χ0) is 17.7. The second-order valence-corrected chi connectivity index (χ2v) is 8.30. The molecule has 0 spiro atoms. The SMILES string of the molecule is CCCc1c(-c2ccc(C)cn2)n(C2CCC2)c2cc(C3CC3)ccc12. The van der Waals surface area contributed by atoms with Crippen LogP contribution in [0.2, 0.25) is 0 Å². The number of pyridine rings is 1. The van der Waals surface area contributed by atoms with E-state index in [1.165, 1.54) is 66.2 Å². The topological polar surface area (TPSA) is 17.8 Å². The van der Waals surface area contributed by atoms with Crippen molar-refractivity contribution in [1.29, 1.82) is 0 Å². The van der Waals surface area contributed by atoms with Crippen LogP contribution in [0.15, 0.2) is 36.5 Å². The molecule has 3 aromatic rings. The maximum absolute atomic E-state index is 4.84. The molecule has 2 nitrogen and oxygen atoms in total. The van der Waals surface area contributed by atoms with E-state index < -0.39 is 0 Å². The average Bonchev–Trinajstić information content (AvgIpc) is 3.41. The minimum absolute atomic E-state index is 0.649. The second kappa shape index (κ2) is 6.26. The predicted molar refractivity (Wildman–Crippen MR) is 109 cm³/mol. The first-order chi connectivity index (χ1) is 12.8. The molecule has 0 aliphatic heterocycles. The third-order valence-electron chi connectivity index (χ3n) is 6.28. The van der Waals surface area contributed by atoms with Gasteiger partial charge in [0.1, 0.15) is 0 Å². The number of benzene rings is 1. The van der Waals surface area contributed by atoms with Crippen molar-refractivity contribution in [2.45, 2.75) is 70.8 Å². The minimum atomic E-state index is 0.649. The second-order valence-electron chi connectivity index (χ2n) is 8.30. The lowest BCUT2D eigenvalue weighted by Crippen LogP contribution is -2.18. The van der Waals surface area contributed by atoms with Crippen molar-refractivity contribution in [2.24, 2.45) is 0 Å². The van der Waals surface area contributed by atoms with Gasteiger partial charge in [-0.3, -0.25) is 4.98 Å². The minimum Gasteiger partial charge on any atom is -0.336 e. The van der Waals surface area contributed by atoms with Gasteiger partial charge in [-0.05, 0) is 80.2 Å². The van der Waals surface area contributed by atoms with Crippen LogP contribution in [0.3, 0.4) is 0 Å². The molecule has 26 heavy (non-hydrogen) atoms. The highest BCUT2D eigenvalue weighted by molar-refractivity contribution is 5.92. The zero-order valence-corrected chi connectivity index (χ0v) is 16.0. The highest BCUT2D eigenvalue weighted by Gasteiger charge is 2.29. The Morgan fingerprint density at radius 3 is 2.54 bits per heavy atom. The summed E-state index contributed by atoms with van der Waals surface area (Å²) < 4.78 is 2.66. The Balaban J connectivity index is 1.79. The van der Waals surface area contributed by atoms with E-state index in [1.54, 1.807) is 5.56 Å². The first kappa shape index (κ1) is 16.1. The molecule has 2 heteroatoms. The Bertz CT molecular complexity index is 940. The van der Waals surface area contributed by atoms with Crippen LogP contribution in [-0.2, 0) is 6.42 Å². The molecule has 0 radical (unpaired) electrons. The smallest absolute Gasteiger partial charge is 0.0869 e. The highest BCUT2D eigenvalue weighted by Crippen LogP contribution is 2.46. The number of aromatic nitrogens is 2. The molecular weight excluding hydrogens is 316 g/mol. The molecule has 0 atom stereocenters. The van der Waals surface area contributed by atoms with Gasteiger partial charge in [0.25, 0.3) is 0 Å². The summed E-state index contributed by atoms with van der Waals surface area (Å²) in [5, 5.41) is 1.46. The molecule has 2 aliphatic carbocycles. The van der Waals surface area contributed by atoms with Crippen LogP contribution < -0.4 is 0 Å². The molecule has 0 saturated heterocycles. The van der Waals surface area contributed by atoms with Crippen LogP contribution in [0.4, 0.5) is 0 Å². The van der Waals surface area contributed by atoms with Gasteiger partial charge in [-0.15, -0.1) is 0 Å². The quantitative estimate of drug-likeness (QED) is 0.512. The molecule has 2 aromatic heterocycles. The van der Waals surface area contributed by atoms with E-state index in [2.05, 4.69) is 48.7 Å². The highest BCUT2D eigenvalue weighted by atomic mass is 15.1. The fourth-order valence-electron chi connectivity index (χ4n) is 4.48. The summed E-state index contributed by atoms with van der Waals surface area (Å²) in [4.78, 5) is 4.84. The maximum Gasteiger partial charge on any atom is 0.0869 e. The third-order valence-corrected chi connectivity index (χ3v) is 6.28. The molecule has 2 fully saturated rings. The molecule has 2 saturated carbocycles. The van der Waals surface area contributed by atoms with E-state index in [9.17, 15) is 0 Å². The van der Waals surface area contributed by atoms with Crippen LogP contribution in [-0.4, -0.2) is 9.55 Å². The summed E-state index contributed by atoms with van der Waals surface area (Å²) in [6.07, 6.45) is 11.0. The van der Waals surface area contributed by atoms with Crippen molar-refractivity contribution >= 4 is 10.9 Å². The lowest BCUT2D eigenvalue weighted by Gasteiger charge is -2.30. The van der Waals surface area contributed by atoms with Gasteiger partial charge in [-0.1, -0.05) is 31.5 Å². The van der Waals surface area contributed by atoms with Gasteiger partial charge in [0.05, 0.1) is 11.4 Å². The van der Waals surface area contributed by atoms with E-state index >= 15 is 0 Å². The van der Waals surface area contributed by atoms with Crippen LogP contribution in [0.5, 0.6) is 0 Å². The van der Waals surface area contributed by atoms with E-state index in [0.717, 1.165) is 18.0 Å². The summed E-state index contributed by atoms with van der Waals surface area (Å²) in [7, 11) is 0. The number of hydrogen-bond donors (Lipinski definition) is 0. The normalized spacial score (nSPS) is 17.6. The molecule has 2 heterocycles. The molecule has 0 unspecified atom stereocenters. The fraction of sp³-hybridized carbons (Fsp3) is 0.458. The Hall–Kier alpha value is -2.09. The van der Waals surface area contributed by atoms with E-state index in [4.69, 9.17) is 4.98 Å². The molecule has 5 rings (SSSR count). The largest absolute Gasteiger partial charge is 0.336 e. The first-order valence-corrected chi connectivity index (χ1v) is 10.4. The molecule has 134 valence electrons. The van der Waals surface area contributed by atoms with Crippen molar-refractivity contribution in [3.05, 3.63) is 53.2 Å². The average molecular weight is 345 g/mol. The summed E-state index contributed by atoms with van der Waals surface area (Å²) >= 11 is 0. The Morgan fingerprint density at radius 2 is 1.92 bits per heavy atom. The Labute approximate surface area is 156 Å². The predicted octanol–water partition coefficient (Wildman–Crippen LogP) is 6.57. The standard InChI is InChI=1S/C24H28N2/c1-3-5-21-20-12-11-18(17-9-10-17)14-23(20)26(19-6-4-7-19)24(21)22-13-8-16(2)15-25-22/h8,11-15,17,19H,3-7,9-10H2,1-2H3. The van der Waals surface area contributed by atoms with Gasteiger partial charge in [0.15, 0.2) is 0 Å². The summed E-state index contributed by atoms with van der Waals surface area (Å²) in [6.45, 7) is 4.41. The third kappa shape index (κ3) is 2.58. The lowest BCUT2D eigenvalue weighted by atomic mass is 9.92. The van der Waals surface area contributed by atoms with Crippen molar-refractivity contribution in [3.8, 4) is 11.4 Å². The van der Waals surface area contributed by atoms with Gasteiger partial charge < -0.3 is 4.57 Å². The number of nitrogens with zero attached hydrogens (tertiary/aromatic N) is 2. The fourth-order valence-corrected chi connectivity index (χ4v) is 4.48. The molecular formula is C24H28N2. The van der Waals surface area contributed by atoms with E-state index in [1.807, 2.05) is 6.20 Å². The molecule has 2 aliphatic rings. The Kier molecular flexibility index (Phi) is 3.88. The van der Waals surface area contributed by atoms with Crippen LogP contribution in [0.25, 0.3) is 22.3 Å². The van der Waals surface area contributed by atoms with Crippen LogP contribution >= 0.6 is 0 Å². The zero-order valence-electron chi connectivity index (χ0n) is 16.0. The van der Waals surface area contributed by atoms with Crippen LogP contribution in [0.1, 0.15) is 74.1 Å². The molecule has 0 amide bonds. The van der Waals surface area contributed by atoms with Gasteiger partial charge in [0, 0.05) is 23.1 Å². The lowest BCUT2D eigenvalue weighted by molar-refractivity contribution is 0.323. The summed E-state index contributed by atoms with van der Waals surface area (Å²) in [5.41, 5.74) is 8.28. The van der Waals surface area contributed by atoms with Gasteiger partial charge in [-0.2, -0.15) is 0 Å². The number of rotatable bonds is 5. The van der Waals surface area contributed by atoms with Crippen molar-refractivity contribution in [2.75, 3.05) is 0 Å². The Morgan fingerprint density at radius 1 is 1.08 bits per heavy atom. The van der Waals surface area contributed by atoms with Gasteiger partial charge >= 0.3 is 0 Å². The van der Waals surface area contributed by atoms with Gasteiger partial charge in [-0.25, -0.2) is 0 Å². The summed E-state index contributed by atoms with van der Waals surface area (Å²) in [6, 6.07) is 12.4. The molecule has 0 N–H and O–H groups in total. The van der Waals surface area contributed by atoms with E-state index in [0.29, 0.717) is 6.04 Å². The number of hydrogen-bond acceptors (Lipinski definition) is 1. The molecule has 0 bridgehead atoms. The van der Waals surface area contributed by atoms with Crippen LogP contribution in [0, 0.1) is 6.92 Å². The molecule has 1 aromatic carbocycles.